The Bertz CT molecular complexity index is 884. The molecular formula is C20H16ClNO. The fourth-order valence-electron chi connectivity index (χ4n) is 2.27. The minimum absolute atomic E-state index is 0.739. The molecule has 0 aliphatic carbocycles. The first kappa shape index (κ1) is 15.3. The van der Waals surface area contributed by atoms with Gasteiger partial charge in [-0.15, -0.1) is 0 Å². The highest BCUT2D eigenvalue weighted by atomic mass is 35.5. The van der Waals surface area contributed by atoms with Crippen LogP contribution in [0.25, 0.3) is 23.1 Å². The summed E-state index contributed by atoms with van der Waals surface area (Å²) in [6, 6.07) is 17.6. The van der Waals surface area contributed by atoms with Crippen LogP contribution in [0.4, 0.5) is 0 Å². The van der Waals surface area contributed by atoms with E-state index in [1.165, 1.54) is 0 Å². The van der Waals surface area contributed by atoms with E-state index in [1.54, 1.807) is 7.11 Å². The Morgan fingerprint density at radius 3 is 2.65 bits per heavy atom. The molecule has 0 fully saturated rings. The molecule has 1 aromatic heterocycles. The molecule has 0 amide bonds. The topological polar surface area (TPSA) is 22.1 Å². The molecule has 23 heavy (non-hydrogen) atoms. The van der Waals surface area contributed by atoms with Gasteiger partial charge in [-0.05, 0) is 48.0 Å². The molecule has 3 rings (SSSR count). The van der Waals surface area contributed by atoms with Gasteiger partial charge in [0.25, 0.3) is 0 Å². The Morgan fingerprint density at radius 2 is 1.83 bits per heavy atom. The number of halogens is 1. The second kappa shape index (κ2) is 7.12. The van der Waals surface area contributed by atoms with Crippen LogP contribution in [0, 0.1) is 0 Å². The summed E-state index contributed by atoms with van der Waals surface area (Å²) in [4.78, 5) is 4.61. The van der Waals surface area contributed by atoms with Crippen LogP contribution in [-0.4, -0.2) is 12.1 Å². The largest absolute Gasteiger partial charge is 0.497 e. The molecule has 3 aromatic rings. The van der Waals surface area contributed by atoms with Crippen LogP contribution in [-0.2, 0) is 0 Å². The SMILES string of the molecule is COc1ccc2nc(/C=C/C=C/c3cccc(Cl)c3)ccc2c1. The van der Waals surface area contributed by atoms with Crippen LogP contribution in [0.1, 0.15) is 11.3 Å². The molecular weight excluding hydrogens is 306 g/mol. The second-order valence-corrected chi connectivity index (χ2v) is 5.50. The van der Waals surface area contributed by atoms with Gasteiger partial charge in [-0.1, -0.05) is 48.0 Å². The zero-order valence-corrected chi connectivity index (χ0v) is 13.5. The van der Waals surface area contributed by atoms with Gasteiger partial charge in [-0.2, -0.15) is 0 Å². The Balaban J connectivity index is 1.75. The zero-order valence-electron chi connectivity index (χ0n) is 12.7. The van der Waals surface area contributed by atoms with Gasteiger partial charge >= 0.3 is 0 Å². The Morgan fingerprint density at radius 1 is 0.957 bits per heavy atom. The fraction of sp³-hybridized carbons (Fsp3) is 0.0500. The van der Waals surface area contributed by atoms with E-state index in [0.717, 1.165) is 32.9 Å². The average Bonchev–Trinajstić information content (AvgIpc) is 2.58. The van der Waals surface area contributed by atoms with Crippen molar-refractivity contribution >= 4 is 34.7 Å². The maximum Gasteiger partial charge on any atom is 0.119 e. The van der Waals surface area contributed by atoms with Crippen molar-refractivity contribution in [3.8, 4) is 5.75 Å². The number of aromatic nitrogens is 1. The molecule has 0 bridgehead atoms. The number of hydrogen-bond acceptors (Lipinski definition) is 2. The molecule has 0 spiro atoms. The minimum Gasteiger partial charge on any atom is -0.497 e. The number of pyridine rings is 1. The zero-order chi connectivity index (χ0) is 16.1. The summed E-state index contributed by atoms with van der Waals surface area (Å²) >= 11 is 5.96. The van der Waals surface area contributed by atoms with Crippen molar-refractivity contribution < 1.29 is 4.74 Å². The molecule has 3 heteroatoms. The molecule has 0 saturated heterocycles. The first-order chi connectivity index (χ1) is 11.2. The van der Waals surface area contributed by atoms with Gasteiger partial charge in [-0.3, -0.25) is 0 Å². The average molecular weight is 322 g/mol. The molecule has 0 N–H and O–H groups in total. The molecule has 2 aromatic carbocycles. The van der Waals surface area contributed by atoms with E-state index in [-0.39, 0.29) is 0 Å². The van der Waals surface area contributed by atoms with E-state index < -0.39 is 0 Å². The van der Waals surface area contributed by atoms with E-state index in [9.17, 15) is 0 Å². The van der Waals surface area contributed by atoms with Crippen LogP contribution in [0.5, 0.6) is 5.75 Å². The summed E-state index contributed by atoms with van der Waals surface area (Å²) in [6.45, 7) is 0. The lowest BCUT2D eigenvalue weighted by molar-refractivity contribution is 0.415. The first-order valence-electron chi connectivity index (χ1n) is 7.30. The highest BCUT2D eigenvalue weighted by molar-refractivity contribution is 6.30. The van der Waals surface area contributed by atoms with Gasteiger partial charge in [0.2, 0.25) is 0 Å². The number of methoxy groups -OCH3 is 1. The van der Waals surface area contributed by atoms with E-state index in [1.807, 2.05) is 78.9 Å². The Kier molecular flexibility index (Phi) is 4.74. The van der Waals surface area contributed by atoms with Gasteiger partial charge in [0, 0.05) is 10.4 Å². The molecule has 0 unspecified atom stereocenters. The minimum atomic E-state index is 0.739. The monoisotopic (exact) mass is 321 g/mol. The van der Waals surface area contributed by atoms with Crippen molar-refractivity contribution in [3.05, 3.63) is 83.0 Å². The first-order valence-corrected chi connectivity index (χ1v) is 7.67. The fourth-order valence-corrected chi connectivity index (χ4v) is 2.47. The Labute approximate surface area is 140 Å². The number of fused-ring (bicyclic) bond motifs is 1. The molecule has 114 valence electrons. The summed E-state index contributed by atoms with van der Waals surface area (Å²) in [6.07, 6.45) is 7.93. The standard InChI is InChI=1S/C20H16ClNO/c1-23-19-11-12-20-16(14-19)9-10-18(22-20)8-3-2-5-15-6-4-7-17(21)13-15/h2-14H,1H3/b5-2+,8-3+. The predicted molar refractivity (Wildman–Crippen MR) is 97.8 cm³/mol. The number of allylic oxidation sites excluding steroid dienone is 2. The second-order valence-electron chi connectivity index (χ2n) is 5.07. The van der Waals surface area contributed by atoms with Crippen LogP contribution in [0.15, 0.2) is 66.7 Å². The normalized spacial score (nSPS) is 11.6. The van der Waals surface area contributed by atoms with Gasteiger partial charge in [-0.25, -0.2) is 4.98 Å². The highest BCUT2D eigenvalue weighted by Crippen LogP contribution is 2.20. The quantitative estimate of drug-likeness (QED) is 0.581. The van der Waals surface area contributed by atoms with Crippen molar-refractivity contribution in [2.45, 2.75) is 0 Å². The van der Waals surface area contributed by atoms with Crippen molar-refractivity contribution in [2.24, 2.45) is 0 Å². The van der Waals surface area contributed by atoms with Gasteiger partial charge in [0.1, 0.15) is 5.75 Å². The lowest BCUT2D eigenvalue weighted by atomic mass is 10.2. The summed E-state index contributed by atoms with van der Waals surface area (Å²) < 4.78 is 5.22. The number of rotatable bonds is 4. The van der Waals surface area contributed by atoms with Crippen LogP contribution in [0.2, 0.25) is 5.02 Å². The van der Waals surface area contributed by atoms with Gasteiger partial charge < -0.3 is 4.74 Å². The molecule has 0 radical (unpaired) electrons. The van der Waals surface area contributed by atoms with E-state index in [4.69, 9.17) is 16.3 Å². The maximum atomic E-state index is 5.96. The van der Waals surface area contributed by atoms with Crippen molar-refractivity contribution in [1.82, 2.24) is 4.98 Å². The molecule has 0 atom stereocenters. The maximum absolute atomic E-state index is 5.96. The predicted octanol–water partition coefficient (Wildman–Crippen LogP) is 5.62. The number of ether oxygens (including phenoxy) is 1. The van der Waals surface area contributed by atoms with Gasteiger partial charge in [0.05, 0.1) is 18.3 Å². The van der Waals surface area contributed by atoms with E-state index >= 15 is 0 Å². The van der Waals surface area contributed by atoms with Crippen molar-refractivity contribution in [1.29, 1.82) is 0 Å². The third kappa shape index (κ3) is 3.99. The third-order valence-corrected chi connectivity index (χ3v) is 3.67. The van der Waals surface area contributed by atoms with Crippen LogP contribution < -0.4 is 4.74 Å². The van der Waals surface area contributed by atoms with E-state index in [2.05, 4.69) is 4.98 Å². The lowest BCUT2D eigenvalue weighted by Gasteiger charge is -2.02. The highest BCUT2D eigenvalue weighted by Gasteiger charge is 1.98. The molecule has 1 heterocycles. The molecule has 0 saturated carbocycles. The molecule has 2 nitrogen and oxygen atoms in total. The molecule has 0 aliphatic rings. The third-order valence-electron chi connectivity index (χ3n) is 3.43. The number of nitrogens with zero attached hydrogens (tertiary/aromatic N) is 1. The van der Waals surface area contributed by atoms with Crippen LogP contribution >= 0.6 is 11.6 Å². The van der Waals surface area contributed by atoms with Crippen molar-refractivity contribution in [2.75, 3.05) is 7.11 Å². The summed E-state index contributed by atoms with van der Waals surface area (Å²) in [5.41, 5.74) is 2.94. The molecule has 0 aliphatic heterocycles. The summed E-state index contributed by atoms with van der Waals surface area (Å²) in [7, 11) is 1.66. The summed E-state index contributed by atoms with van der Waals surface area (Å²) in [5, 5.41) is 1.80. The lowest BCUT2D eigenvalue weighted by Crippen LogP contribution is -1.86. The summed E-state index contributed by atoms with van der Waals surface area (Å²) in [5.74, 6) is 0.840. The van der Waals surface area contributed by atoms with Crippen LogP contribution in [0.3, 0.4) is 0 Å². The Hall–Kier alpha value is -2.58. The van der Waals surface area contributed by atoms with Crippen molar-refractivity contribution in [3.63, 3.8) is 0 Å². The van der Waals surface area contributed by atoms with E-state index in [0.29, 0.717) is 0 Å². The van der Waals surface area contributed by atoms with Gasteiger partial charge in [0.15, 0.2) is 0 Å². The smallest absolute Gasteiger partial charge is 0.119 e. The number of benzene rings is 2. The number of hydrogen-bond donors (Lipinski definition) is 0.